The van der Waals surface area contributed by atoms with Crippen LogP contribution in [0.25, 0.3) is 0 Å². The van der Waals surface area contributed by atoms with Gasteiger partial charge in [0.05, 0.1) is 0 Å². The molecule has 0 aliphatic carbocycles. The molecule has 0 bridgehead atoms. The maximum absolute atomic E-state index is 5.98. The molecule has 1 rings (SSSR count). The van der Waals surface area contributed by atoms with Crippen molar-refractivity contribution < 1.29 is 8.85 Å². The Morgan fingerprint density at radius 2 is 1.88 bits per heavy atom. The Labute approximate surface area is 111 Å². The highest BCUT2D eigenvalue weighted by Gasteiger charge is 2.21. The number of hydrogen-bond donors (Lipinski definition) is 0. The lowest BCUT2D eigenvalue weighted by Gasteiger charge is -2.20. The van der Waals surface area contributed by atoms with Gasteiger partial charge >= 0.3 is 9.28 Å². The number of halogens is 1. The van der Waals surface area contributed by atoms with E-state index in [4.69, 9.17) is 20.5 Å². The minimum Gasteiger partial charge on any atom is -0.397 e. The molecule has 1 aromatic rings. The molecule has 1 atom stereocenters. The van der Waals surface area contributed by atoms with Crippen molar-refractivity contribution in [1.29, 1.82) is 0 Å². The lowest BCUT2D eigenvalue weighted by Crippen LogP contribution is -2.22. The van der Waals surface area contributed by atoms with E-state index < -0.39 is 9.28 Å². The van der Waals surface area contributed by atoms with Crippen LogP contribution in [-0.2, 0) is 14.7 Å². The molecule has 0 heterocycles. The van der Waals surface area contributed by atoms with Crippen molar-refractivity contribution in [2.45, 2.75) is 31.2 Å². The number of alkyl halides is 1. The molecule has 1 aromatic carbocycles. The van der Waals surface area contributed by atoms with Gasteiger partial charge in [-0.05, 0) is 29.5 Å². The van der Waals surface area contributed by atoms with Crippen LogP contribution in [0.4, 0.5) is 0 Å². The fourth-order valence-electron chi connectivity index (χ4n) is 1.98. The molecule has 0 N–H and O–H groups in total. The van der Waals surface area contributed by atoms with Gasteiger partial charge in [0.25, 0.3) is 0 Å². The van der Waals surface area contributed by atoms with Crippen molar-refractivity contribution in [3.63, 3.8) is 0 Å². The standard InChI is InChI=1S/C13H20ClO2Si/c1-4-11(10-17(15-2)16-3)13-8-6-5-7-12(13)9-14/h5-8,11H,4,9-10H2,1-3H3. The number of rotatable bonds is 7. The largest absolute Gasteiger partial charge is 0.397 e. The van der Waals surface area contributed by atoms with Gasteiger partial charge in [-0.15, -0.1) is 11.6 Å². The molecule has 0 saturated carbocycles. The van der Waals surface area contributed by atoms with Crippen LogP contribution >= 0.6 is 11.6 Å². The Morgan fingerprint density at radius 3 is 2.41 bits per heavy atom. The normalized spacial score (nSPS) is 13.0. The minimum atomic E-state index is -1.15. The van der Waals surface area contributed by atoms with E-state index in [-0.39, 0.29) is 0 Å². The summed E-state index contributed by atoms with van der Waals surface area (Å²) >= 11 is 5.98. The SMILES string of the molecule is CCC(C[Si](OC)OC)c1ccccc1CCl. The average molecular weight is 272 g/mol. The summed E-state index contributed by atoms with van der Waals surface area (Å²) in [6.45, 7) is 2.19. The maximum atomic E-state index is 5.98. The van der Waals surface area contributed by atoms with Gasteiger partial charge in [0, 0.05) is 20.1 Å². The van der Waals surface area contributed by atoms with E-state index in [0.29, 0.717) is 11.8 Å². The second-order valence-corrected chi connectivity index (χ2v) is 6.16. The van der Waals surface area contributed by atoms with Gasteiger partial charge in [-0.2, -0.15) is 0 Å². The van der Waals surface area contributed by atoms with Crippen LogP contribution in [0.2, 0.25) is 6.04 Å². The Bertz CT molecular complexity index is 329. The molecule has 4 heteroatoms. The summed E-state index contributed by atoms with van der Waals surface area (Å²) in [6.07, 6.45) is 1.08. The molecular formula is C13H20ClO2Si. The van der Waals surface area contributed by atoms with E-state index in [9.17, 15) is 0 Å². The van der Waals surface area contributed by atoms with Crippen LogP contribution in [0.5, 0.6) is 0 Å². The summed E-state index contributed by atoms with van der Waals surface area (Å²) < 4.78 is 10.7. The molecular weight excluding hydrogens is 252 g/mol. The Balaban J connectivity index is 2.85. The molecule has 17 heavy (non-hydrogen) atoms. The molecule has 2 nitrogen and oxygen atoms in total. The van der Waals surface area contributed by atoms with Crippen molar-refractivity contribution in [2.75, 3.05) is 14.2 Å². The molecule has 0 fully saturated rings. The molecule has 0 aliphatic rings. The first kappa shape index (κ1) is 14.7. The van der Waals surface area contributed by atoms with Crippen LogP contribution < -0.4 is 0 Å². The maximum Gasteiger partial charge on any atom is 0.384 e. The molecule has 1 unspecified atom stereocenters. The predicted molar refractivity (Wildman–Crippen MR) is 73.6 cm³/mol. The second-order valence-electron chi connectivity index (χ2n) is 3.92. The van der Waals surface area contributed by atoms with Crippen molar-refractivity contribution in [1.82, 2.24) is 0 Å². The highest BCUT2D eigenvalue weighted by molar-refractivity contribution is 6.44. The summed E-state index contributed by atoms with van der Waals surface area (Å²) in [7, 11) is 2.29. The minimum absolute atomic E-state index is 0.471. The third-order valence-electron chi connectivity index (χ3n) is 3.00. The first-order chi connectivity index (χ1) is 8.26. The zero-order valence-corrected chi connectivity index (χ0v) is 12.5. The zero-order chi connectivity index (χ0) is 12.7. The molecule has 0 aromatic heterocycles. The highest BCUT2D eigenvalue weighted by atomic mass is 35.5. The molecule has 0 spiro atoms. The predicted octanol–water partition coefficient (Wildman–Crippen LogP) is 3.70. The van der Waals surface area contributed by atoms with Crippen LogP contribution in [0.1, 0.15) is 30.4 Å². The van der Waals surface area contributed by atoms with Crippen molar-refractivity contribution in [3.05, 3.63) is 35.4 Å². The van der Waals surface area contributed by atoms with Crippen molar-refractivity contribution >= 4 is 20.9 Å². The van der Waals surface area contributed by atoms with Crippen LogP contribution in [0, 0.1) is 0 Å². The van der Waals surface area contributed by atoms with Gasteiger partial charge in [-0.1, -0.05) is 31.2 Å². The smallest absolute Gasteiger partial charge is 0.384 e. The van der Waals surface area contributed by atoms with Gasteiger partial charge in [-0.25, -0.2) is 0 Å². The molecule has 95 valence electrons. The lowest BCUT2D eigenvalue weighted by atomic mass is 9.94. The quantitative estimate of drug-likeness (QED) is 0.556. The Hall–Kier alpha value is -0.353. The Morgan fingerprint density at radius 1 is 1.24 bits per heavy atom. The van der Waals surface area contributed by atoms with Crippen molar-refractivity contribution in [2.24, 2.45) is 0 Å². The van der Waals surface area contributed by atoms with Gasteiger partial charge in [-0.3, -0.25) is 0 Å². The molecule has 1 radical (unpaired) electrons. The number of benzene rings is 1. The fourth-order valence-corrected chi connectivity index (χ4v) is 3.63. The van der Waals surface area contributed by atoms with Gasteiger partial charge in [0.2, 0.25) is 0 Å². The summed E-state index contributed by atoms with van der Waals surface area (Å²) in [4.78, 5) is 0. The summed E-state index contributed by atoms with van der Waals surface area (Å²) in [5.74, 6) is 1.04. The van der Waals surface area contributed by atoms with Gasteiger partial charge in [0.1, 0.15) is 0 Å². The van der Waals surface area contributed by atoms with E-state index in [0.717, 1.165) is 12.5 Å². The molecule has 0 amide bonds. The molecule has 0 aliphatic heterocycles. The number of hydrogen-bond acceptors (Lipinski definition) is 2. The summed E-state index contributed by atoms with van der Waals surface area (Å²) in [5.41, 5.74) is 2.55. The van der Waals surface area contributed by atoms with Crippen molar-refractivity contribution in [3.8, 4) is 0 Å². The van der Waals surface area contributed by atoms with Crippen LogP contribution in [0.15, 0.2) is 24.3 Å². The monoisotopic (exact) mass is 271 g/mol. The fraction of sp³-hybridized carbons (Fsp3) is 0.538. The van der Waals surface area contributed by atoms with Crippen LogP contribution in [0.3, 0.4) is 0 Å². The first-order valence-corrected chi connectivity index (χ1v) is 7.90. The highest BCUT2D eigenvalue weighted by Crippen LogP contribution is 2.29. The van der Waals surface area contributed by atoms with E-state index in [1.165, 1.54) is 11.1 Å². The Kier molecular flexibility index (Phi) is 6.81. The van der Waals surface area contributed by atoms with E-state index in [2.05, 4.69) is 25.1 Å². The third kappa shape index (κ3) is 4.10. The van der Waals surface area contributed by atoms with Gasteiger partial charge in [0.15, 0.2) is 0 Å². The second kappa shape index (κ2) is 7.87. The van der Waals surface area contributed by atoms with E-state index >= 15 is 0 Å². The molecule has 0 saturated heterocycles. The van der Waals surface area contributed by atoms with E-state index in [1.807, 2.05) is 6.07 Å². The lowest BCUT2D eigenvalue weighted by molar-refractivity contribution is 0.274. The summed E-state index contributed by atoms with van der Waals surface area (Å²) in [5, 5.41) is 0. The topological polar surface area (TPSA) is 18.5 Å². The van der Waals surface area contributed by atoms with Crippen LogP contribution in [-0.4, -0.2) is 23.5 Å². The average Bonchev–Trinajstić information content (AvgIpc) is 2.40. The summed E-state index contributed by atoms with van der Waals surface area (Å²) in [6, 6.07) is 9.32. The zero-order valence-electron chi connectivity index (χ0n) is 10.7. The van der Waals surface area contributed by atoms with E-state index in [1.54, 1.807) is 14.2 Å². The third-order valence-corrected chi connectivity index (χ3v) is 5.02. The van der Waals surface area contributed by atoms with Gasteiger partial charge < -0.3 is 8.85 Å². The first-order valence-electron chi connectivity index (χ1n) is 5.84.